The van der Waals surface area contributed by atoms with Crippen LogP contribution in [0.2, 0.25) is 0 Å². The predicted molar refractivity (Wildman–Crippen MR) is 62.5 cm³/mol. The van der Waals surface area contributed by atoms with Crippen LogP contribution in [0.3, 0.4) is 0 Å². The zero-order valence-electron chi connectivity index (χ0n) is 7.89. The van der Waals surface area contributed by atoms with Gasteiger partial charge in [-0.25, -0.2) is 0 Å². The highest BCUT2D eigenvalue weighted by molar-refractivity contribution is 6.44. The minimum Gasteiger partial charge on any atom is -0.0831 e. The topological polar surface area (TPSA) is 0 Å². The molecular weight excluding hydrogens is 215 g/mol. The third-order valence-corrected chi connectivity index (χ3v) is 3.55. The van der Waals surface area contributed by atoms with Crippen molar-refractivity contribution in [1.82, 2.24) is 0 Å². The minimum atomic E-state index is 0.722. The van der Waals surface area contributed by atoms with Crippen LogP contribution < -0.4 is 0 Å². The molecule has 0 saturated heterocycles. The molecule has 0 N–H and O–H groups in total. The zero-order chi connectivity index (χ0) is 9.97. The van der Waals surface area contributed by atoms with Gasteiger partial charge in [0, 0.05) is 0 Å². The number of hydrogen-bond donors (Lipinski definition) is 0. The third-order valence-electron chi connectivity index (χ3n) is 2.64. The number of halogens is 2. The number of hydrogen-bond acceptors (Lipinski definition) is 0. The van der Waals surface area contributed by atoms with E-state index in [9.17, 15) is 0 Å². The molecule has 0 saturated carbocycles. The Balaban J connectivity index is 1.88. The van der Waals surface area contributed by atoms with Crippen molar-refractivity contribution in [2.24, 2.45) is 0 Å². The Kier molecular flexibility index (Phi) is 3.15. The fourth-order valence-electron chi connectivity index (χ4n) is 1.76. The summed E-state index contributed by atoms with van der Waals surface area (Å²) in [5.41, 5.74) is 2.77. The third kappa shape index (κ3) is 2.13. The summed E-state index contributed by atoms with van der Waals surface area (Å²) in [6, 6.07) is 0. The maximum Gasteiger partial charge on any atom is 0.0584 e. The molecule has 0 aliphatic heterocycles. The Labute approximate surface area is 94.6 Å². The van der Waals surface area contributed by atoms with Gasteiger partial charge in [0.15, 0.2) is 0 Å². The molecule has 0 heterocycles. The van der Waals surface area contributed by atoms with Crippen LogP contribution in [0.1, 0.15) is 25.7 Å². The molecule has 0 aromatic rings. The Morgan fingerprint density at radius 2 is 2.00 bits per heavy atom. The van der Waals surface area contributed by atoms with Crippen molar-refractivity contribution >= 4 is 23.2 Å². The van der Waals surface area contributed by atoms with E-state index in [4.69, 9.17) is 23.2 Å². The van der Waals surface area contributed by atoms with Gasteiger partial charge in [0.05, 0.1) is 10.1 Å². The fraction of sp³-hybridized carbons (Fsp3) is 0.333. The summed E-state index contributed by atoms with van der Waals surface area (Å²) >= 11 is 12.0. The average molecular weight is 227 g/mol. The number of rotatable bonds is 3. The van der Waals surface area contributed by atoms with Crippen LogP contribution >= 0.6 is 23.2 Å². The largest absolute Gasteiger partial charge is 0.0831 e. The van der Waals surface area contributed by atoms with Gasteiger partial charge in [-0.2, -0.15) is 0 Å². The van der Waals surface area contributed by atoms with Crippen molar-refractivity contribution in [2.45, 2.75) is 25.7 Å². The molecule has 2 rings (SSSR count). The summed E-state index contributed by atoms with van der Waals surface area (Å²) in [6.45, 7) is 0. The second-order valence-electron chi connectivity index (χ2n) is 3.63. The minimum absolute atomic E-state index is 0.722. The van der Waals surface area contributed by atoms with E-state index in [1.807, 2.05) is 6.08 Å². The SMILES string of the molecule is ClC1=CCC(CCC2=CC=CC2)=C1Cl. The van der Waals surface area contributed by atoms with Crippen molar-refractivity contribution in [3.8, 4) is 0 Å². The quantitative estimate of drug-likeness (QED) is 0.657. The Morgan fingerprint density at radius 3 is 2.57 bits per heavy atom. The van der Waals surface area contributed by atoms with Gasteiger partial charge in [-0.15, -0.1) is 0 Å². The van der Waals surface area contributed by atoms with Crippen molar-refractivity contribution in [3.05, 3.63) is 45.5 Å². The first-order valence-corrected chi connectivity index (χ1v) is 5.61. The lowest BCUT2D eigenvalue weighted by atomic mass is 10.0. The summed E-state index contributed by atoms with van der Waals surface area (Å²) in [7, 11) is 0. The lowest BCUT2D eigenvalue weighted by Gasteiger charge is -2.04. The van der Waals surface area contributed by atoms with Crippen LogP contribution in [0.5, 0.6) is 0 Å². The normalized spacial score (nSPS) is 20.4. The highest BCUT2D eigenvalue weighted by Gasteiger charge is 2.14. The van der Waals surface area contributed by atoms with Crippen LogP contribution in [-0.2, 0) is 0 Å². The molecule has 2 heteroatoms. The molecule has 0 aromatic carbocycles. The molecule has 0 fully saturated rings. The molecule has 2 aliphatic rings. The smallest absolute Gasteiger partial charge is 0.0584 e. The molecule has 14 heavy (non-hydrogen) atoms. The molecule has 0 unspecified atom stereocenters. The van der Waals surface area contributed by atoms with E-state index < -0.39 is 0 Å². The molecule has 0 bridgehead atoms. The summed E-state index contributed by atoms with van der Waals surface area (Å²) in [4.78, 5) is 0. The highest BCUT2D eigenvalue weighted by Crippen LogP contribution is 2.35. The summed E-state index contributed by atoms with van der Waals surface area (Å²) in [5.74, 6) is 0. The first kappa shape index (κ1) is 10.1. The monoisotopic (exact) mass is 226 g/mol. The Hall–Kier alpha value is -0.460. The summed E-state index contributed by atoms with van der Waals surface area (Å²) in [6.07, 6.45) is 12.7. The van der Waals surface area contributed by atoms with E-state index in [0.717, 1.165) is 35.7 Å². The lowest BCUT2D eigenvalue weighted by Crippen LogP contribution is -1.85. The van der Waals surface area contributed by atoms with Crippen molar-refractivity contribution in [1.29, 1.82) is 0 Å². The van der Waals surface area contributed by atoms with Gasteiger partial charge in [0.2, 0.25) is 0 Å². The van der Waals surface area contributed by atoms with Crippen molar-refractivity contribution < 1.29 is 0 Å². The standard InChI is InChI=1S/C12H12Cl2/c13-11-8-7-10(12(11)14)6-5-9-3-1-2-4-9/h1-3,8H,4-7H2. The van der Waals surface area contributed by atoms with E-state index in [1.54, 1.807) is 0 Å². The van der Waals surface area contributed by atoms with Gasteiger partial charge in [-0.1, -0.05) is 53.1 Å². The molecular formula is C12H12Cl2. The summed E-state index contributed by atoms with van der Waals surface area (Å²) in [5, 5.41) is 1.50. The second kappa shape index (κ2) is 4.37. The predicted octanol–water partition coefficient (Wildman–Crippen LogP) is 4.67. The molecule has 0 atom stereocenters. The number of allylic oxidation sites excluding steroid dienone is 8. The highest BCUT2D eigenvalue weighted by atomic mass is 35.5. The Morgan fingerprint density at radius 1 is 1.14 bits per heavy atom. The van der Waals surface area contributed by atoms with Gasteiger partial charge in [0.25, 0.3) is 0 Å². The molecule has 0 amide bonds. The molecule has 2 aliphatic carbocycles. The Bertz CT molecular complexity index is 357. The second-order valence-corrected chi connectivity index (χ2v) is 4.42. The average Bonchev–Trinajstić information content (AvgIpc) is 2.77. The summed E-state index contributed by atoms with van der Waals surface area (Å²) < 4.78 is 0. The van der Waals surface area contributed by atoms with Crippen molar-refractivity contribution in [2.75, 3.05) is 0 Å². The van der Waals surface area contributed by atoms with E-state index in [-0.39, 0.29) is 0 Å². The van der Waals surface area contributed by atoms with Gasteiger partial charge >= 0.3 is 0 Å². The molecule has 0 nitrogen and oxygen atoms in total. The molecule has 0 aromatic heterocycles. The van der Waals surface area contributed by atoms with E-state index in [0.29, 0.717) is 0 Å². The maximum absolute atomic E-state index is 6.06. The maximum atomic E-state index is 6.06. The first-order chi connectivity index (χ1) is 6.77. The van der Waals surface area contributed by atoms with Crippen LogP contribution in [0, 0.1) is 0 Å². The van der Waals surface area contributed by atoms with Crippen LogP contribution in [0.15, 0.2) is 45.5 Å². The van der Waals surface area contributed by atoms with E-state index in [1.165, 1.54) is 11.1 Å². The lowest BCUT2D eigenvalue weighted by molar-refractivity contribution is 0.886. The molecule has 74 valence electrons. The van der Waals surface area contributed by atoms with Crippen LogP contribution in [-0.4, -0.2) is 0 Å². The van der Waals surface area contributed by atoms with Gasteiger partial charge < -0.3 is 0 Å². The van der Waals surface area contributed by atoms with E-state index in [2.05, 4.69) is 18.2 Å². The van der Waals surface area contributed by atoms with Gasteiger partial charge in [-0.05, 0) is 31.3 Å². The van der Waals surface area contributed by atoms with Gasteiger partial charge in [0.1, 0.15) is 0 Å². The van der Waals surface area contributed by atoms with Crippen LogP contribution in [0.4, 0.5) is 0 Å². The van der Waals surface area contributed by atoms with Gasteiger partial charge in [-0.3, -0.25) is 0 Å². The van der Waals surface area contributed by atoms with Crippen molar-refractivity contribution in [3.63, 3.8) is 0 Å². The fourth-order valence-corrected chi connectivity index (χ4v) is 2.22. The van der Waals surface area contributed by atoms with E-state index >= 15 is 0 Å². The molecule has 0 radical (unpaired) electrons. The van der Waals surface area contributed by atoms with Crippen LogP contribution in [0.25, 0.3) is 0 Å². The molecule has 0 spiro atoms. The first-order valence-electron chi connectivity index (χ1n) is 4.85. The zero-order valence-corrected chi connectivity index (χ0v) is 9.41.